The molecule has 0 fully saturated rings. The van der Waals surface area contributed by atoms with Gasteiger partial charge in [-0.1, -0.05) is 24.3 Å². The summed E-state index contributed by atoms with van der Waals surface area (Å²) in [5.41, 5.74) is 4.26. The Balaban J connectivity index is 1.97. The number of aromatic amines is 1. The number of carbonyl (C=O) groups is 1. The average molecular weight is 294 g/mol. The summed E-state index contributed by atoms with van der Waals surface area (Å²) in [5, 5.41) is 1.19. The van der Waals surface area contributed by atoms with Crippen molar-refractivity contribution in [3.05, 3.63) is 54.2 Å². The fraction of sp³-hybridized carbons (Fsp3) is 0.222. The van der Waals surface area contributed by atoms with Crippen molar-refractivity contribution in [2.75, 3.05) is 7.11 Å². The molecular formula is C18H18N2O2. The summed E-state index contributed by atoms with van der Waals surface area (Å²) < 4.78 is 4.71. The number of nitrogens with zero attached hydrogens (tertiary/aromatic N) is 1. The molecule has 112 valence electrons. The van der Waals surface area contributed by atoms with E-state index >= 15 is 0 Å². The maximum atomic E-state index is 11.3. The van der Waals surface area contributed by atoms with Crippen molar-refractivity contribution >= 4 is 16.9 Å². The zero-order valence-electron chi connectivity index (χ0n) is 12.5. The number of carbonyl (C=O) groups excluding carboxylic acids is 1. The van der Waals surface area contributed by atoms with Crippen LogP contribution in [0.2, 0.25) is 0 Å². The fourth-order valence-electron chi connectivity index (χ4n) is 2.70. The lowest BCUT2D eigenvalue weighted by Gasteiger charge is -2.04. The van der Waals surface area contributed by atoms with E-state index in [9.17, 15) is 4.79 Å². The number of H-pyrrole nitrogens is 1. The number of pyridine rings is 1. The molecule has 0 aliphatic carbocycles. The SMILES string of the molecule is COC(=O)CCCc1c(-c2ccccn2)[nH]c2ccccc12. The fourth-order valence-corrected chi connectivity index (χ4v) is 2.70. The molecule has 0 amide bonds. The second-order valence-corrected chi connectivity index (χ2v) is 5.17. The number of ether oxygens (including phenoxy) is 1. The molecule has 3 rings (SSSR count). The Labute approximate surface area is 129 Å². The molecule has 4 nitrogen and oxygen atoms in total. The summed E-state index contributed by atoms with van der Waals surface area (Å²) in [6.45, 7) is 0. The van der Waals surface area contributed by atoms with Crippen LogP contribution in [0.15, 0.2) is 48.7 Å². The second-order valence-electron chi connectivity index (χ2n) is 5.17. The molecule has 0 aliphatic heterocycles. The van der Waals surface area contributed by atoms with Gasteiger partial charge in [-0.25, -0.2) is 0 Å². The Hall–Kier alpha value is -2.62. The van der Waals surface area contributed by atoms with Crippen LogP contribution in [0.3, 0.4) is 0 Å². The van der Waals surface area contributed by atoms with Crippen LogP contribution in [0.5, 0.6) is 0 Å². The summed E-state index contributed by atoms with van der Waals surface area (Å²) >= 11 is 0. The molecular weight excluding hydrogens is 276 g/mol. The van der Waals surface area contributed by atoms with Crippen LogP contribution in [0.4, 0.5) is 0 Å². The Kier molecular flexibility index (Phi) is 4.19. The van der Waals surface area contributed by atoms with Gasteiger partial charge in [-0.15, -0.1) is 0 Å². The molecule has 0 bridgehead atoms. The number of fused-ring (bicyclic) bond motifs is 1. The lowest BCUT2D eigenvalue weighted by atomic mass is 10.0. The van der Waals surface area contributed by atoms with E-state index in [1.165, 1.54) is 18.1 Å². The van der Waals surface area contributed by atoms with Crippen LogP contribution in [0.1, 0.15) is 18.4 Å². The van der Waals surface area contributed by atoms with E-state index in [1.807, 2.05) is 30.3 Å². The third-order valence-corrected chi connectivity index (χ3v) is 3.77. The molecule has 4 heteroatoms. The molecule has 22 heavy (non-hydrogen) atoms. The first kappa shape index (κ1) is 14.3. The minimum Gasteiger partial charge on any atom is -0.469 e. The van der Waals surface area contributed by atoms with Crippen LogP contribution >= 0.6 is 0 Å². The first-order chi connectivity index (χ1) is 10.8. The van der Waals surface area contributed by atoms with Gasteiger partial charge < -0.3 is 9.72 Å². The highest BCUT2D eigenvalue weighted by Crippen LogP contribution is 2.30. The highest BCUT2D eigenvalue weighted by molar-refractivity contribution is 5.90. The molecule has 0 unspecified atom stereocenters. The van der Waals surface area contributed by atoms with Crippen molar-refractivity contribution in [3.63, 3.8) is 0 Å². The minimum atomic E-state index is -0.167. The minimum absolute atomic E-state index is 0.167. The molecule has 0 aliphatic rings. The smallest absolute Gasteiger partial charge is 0.305 e. The Morgan fingerprint density at radius 3 is 2.77 bits per heavy atom. The van der Waals surface area contributed by atoms with E-state index in [0.717, 1.165) is 29.7 Å². The number of aryl methyl sites for hydroxylation is 1. The first-order valence-electron chi connectivity index (χ1n) is 7.37. The number of benzene rings is 1. The van der Waals surface area contributed by atoms with Crippen molar-refractivity contribution in [1.82, 2.24) is 9.97 Å². The van der Waals surface area contributed by atoms with Gasteiger partial charge in [-0.2, -0.15) is 0 Å². The maximum Gasteiger partial charge on any atom is 0.305 e. The summed E-state index contributed by atoms with van der Waals surface area (Å²) in [4.78, 5) is 19.2. The van der Waals surface area contributed by atoms with Crippen molar-refractivity contribution in [2.24, 2.45) is 0 Å². The van der Waals surface area contributed by atoms with Gasteiger partial charge in [0.05, 0.1) is 18.5 Å². The number of aromatic nitrogens is 2. The van der Waals surface area contributed by atoms with Gasteiger partial charge in [0.2, 0.25) is 0 Å². The van der Waals surface area contributed by atoms with Gasteiger partial charge in [0.1, 0.15) is 0 Å². The molecule has 0 spiro atoms. The molecule has 1 aromatic carbocycles. The largest absolute Gasteiger partial charge is 0.469 e. The van der Waals surface area contributed by atoms with Crippen molar-refractivity contribution < 1.29 is 9.53 Å². The highest BCUT2D eigenvalue weighted by atomic mass is 16.5. The second kappa shape index (κ2) is 6.43. The van der Waals surface area contributed by atoms with E-state index in [1.54, 1.807) is 6.20 Å². The monoisotopic (exact) mass is 294 g/mol. The third kappa shape index (κ3) is 2.86. The van der Waals surface area contributed by atoms with Gasteiger partial charge >= 0.3 is 5.97 Å². The van der Waals surface area contributed by atoms with Crippen LogP contribution in [0, 0.1) is 0 Å². The molecule has 0 atom stereocenters. The van der Waals surface area contributed by atoms with Crippen molar-refractivity contribution in [3.8, 4) is 11.4 Å². The van der Waals surface area contributed by atoms with E-state index in [0.29, 0.717) is 6.42 Å². The number of hydrogen-bond acceptors (Lipinski definition) is 3. The summed E-state index contributed by atoms with van der Waals surface area (Å²) in [5.74, 6) is -0.167. The van der Waals surface area contributed by atoms with E-state index in [4.69, 9.17) is 4.74 Å². The molecule has 2 aromatic heterocycles. The third-order valence-electron chi connectivity index (χ3n) is 3.77. The normalized spacial score (nSPS) is 10.8. The highest BCUT2D eigenvalue weighted by Gasteiger charge is 2.14. The molecule has 3 aromatic rings. The maximum absolute atomic E-state index is 11.3. The van der Waals surface area contributed by atoms with Gasteiger partial charge in [-0.3, -0.25) is 9.78 Å². The Morgan fingerprint density at radius 1 is 1.18 bits per heavy atom. The number of methoxy groups -OCH3 is 1. The average Bonchev–Trinajstić information content (AvgIpc) is 2.94. The number of hydrogen-bond donors (Lipinski definition) is 1. The lowest BCUT2D eigenvalue weighted by Crippen LogP contribution is -2.01. The zero-order chi connectivity index (χ0) is 15.4. The zero-order valence-corrected chi connectivity index (χ0v) is 12.5. The van der Waals surface area contributed by atoms with Gasteiger partial charge in [0.15, 0.2) is 0 Å². The Morgan fingerprint density at radius 2 is 2.00 bits per heavy atom. The van der Waals surface area contributed by atoms with Gasteiger partial charge in [0.25, 0.3) is 0 Å². The van der Waals surface area contributed by atoms with E-state index in [2.05, 4.69) is 22.1 Å². The molecule has 0 radical (unpaired) electrons. The van der Waals surface area contributed by atoms with E-state index in [-0.39, 0.29) is 5.97 Å². The molecule has 0 saturated heterocycles. The standard InChI is InChI=1S/C18H18N2O2/c1-22-17(21)11-6-8-14-13-7-2-3-9-15(13)20-18(14)16-10-4-5-12-19-16/h2-5,7,9-10,12,20H,6,8,11H2,1H3. The van der Waals surface area contributed by atoms with Crippen LogP contribution in [-0.4, -0.2) is 23.0 Å². The number of esters is 1. The van der Waals surface area contributed by atoms with Crippen molar-refractivity contribution in [1.29, 1.82) is 0 Å². The lowest BCUT2D eigenvalue weighted by molar-refractivity contribution is -0.140. The topological polar surface area (TPSA) is 55.0 Å². The summed E-state index contributed by atoms with van der Waals surface area (Å²) in [6, 6.07) is 14.1. The van der Waals surface area contributed by atoms with Gasteiger partial charge in [-0.05, 0) is 36.6 Å². The number of nitrogens with one attached hydrogen (secondary N) is 1. The molecule has 2 heterocycles. The van der Waals surface area contributed by atoms with Crippen molar-refractivity contribution in [2.45, 2.75) is 19.3 Å². The predicted octanol–water partition coefficient (Wildman–Crippen LogP) is 3.73. The molecule has 1 N–H and O–H groups in total. The van der Waals surface area contributed by atoms with E-state index < -0.39 is 0 Å². The van der Waals surface area contributed by atoms with Crippen LogP contribution < -0.4 is 0 Å². The predicted molar refractivity (Wildman–Crippen MR) is 86.5 cm³/mol. The number of rotatable bonds is 5. The van der Waals surface area contributed by atoms with Crippen LogP contribution in [-0.2, 0) is 16.0 Å². The summed E-state index contributed by atoms with van der Waals surface area (Å²) in [6.07, 6.45) is 3.79. The van der Waals surface area contributed by atoms with Crippen LogP contribution in [0.25, 0.3) is 22.3 Å². The first-order valence-corrected chi connectivity index (χ1v) is 7.37. The number of para-hydroxylation sites is 1. The molecule has 0 saturated carbocycles. The van der Waals surface area contributed by atoms with Gasteiger partial charge in [0, 0.05) is 23.5 Å². The summed E-state index contributed by atoms with van der Waals surface area (Å²) in [7, 11) is 1.42. The quantitative estimate of drug-likeness (QED) is 0.730. The Bertz CT molecular complexity index is 778.